The van der Waals surface area contributed by atoms with Crippen molar-refractivity contribution >= 4 is 17.0 Å². The average molecular weight is 485 g/mol. The van der Waals surface area contributed by atoms with Crippen LogP contribution in [0.3, 0.4) is 0 Å². The first kappa shape index (κ1) is 22.9. The Kier molecular flexibility index (Phi) is 5.85. The molecule has 1 amide bonds. The molecule has 2 aromatic rings. The molecule has 2 fully saturated rings. The van der Waals surface area contributed by atoms with Gasteiger partial charge in [0.15, 0.2) is 0 Å². The highest BCUT2D eigenvalue weighted by atomic mass is 16.5. The summed E-state index contributed by atoms with van der Waals surface area (Å²) in [6, 6.07) is 3.01. The molecule has 4 aliphatic rings. The van der Waals surface area contributed by atoms with Crippen molar-refractivity contribution in [2.45, 2.75) is 39.3 Å². The van der Waals surface area contributed by atoms with Crippen molar-refractivity contribution in [2.75, 3.05) is 32.8 Å². The van der Waals surface area contributed by atoms with Gasteiger partial charge in [0, 0.05) is 49.2 Å². The number of fused-ring (bicyclic) bond motifs is 2. The van der Waals surface area contributed by atoms with Crippen molar-refractivity contribution in [3.63, 3.8) is 0 Å². The van der Waals surface area contributed by atoms with Gasteiger partial charge in [0.05, 0.1) is 53.7 Å². The topological polar surface area (TPSA) is 66.2 Å². The maximum absolute atomic E-state index is 13.5. The molecular weight excluding hydrogens is 452 g/mol. The molecule has 0 N–H and O–H groups in total. The zero-order valence-corrected chi connectivity index (χ0v) is 21.1. The van der Waals surface area contributed by atoms with Gasteiger partial charge in [-0.3, -0.25) is 19.6 Å². The second-order valence-electron chi connectivity index (χ2n) is 9.91. The van der Waals surface area contributed by atoms with E-state index in [1.807, 2.05) is 54.2 Å². The predicted molar refractivity (Wildman–Crippen MR) is 139 cm³/mol. The van der Waals surface area contributed by atoms with Crippen molar-refractivity contribution in [2.24, 2.45) is 0 Å². The molecule has 186 valence electrons. The van der Waals surface area contributed by atoms with Crippen LogP contribution in [0.4, 0.5) is 0 Å². The molecule has 36 heavy (non-hydrogen) atoms. The Morgan fingerprint density at radius 3 is 2.72 bits per heavy atom. The summed E-state index contributed by atoms with van der Waals surface area (Å²) in [5.41, 5.74) is 6.38. The molecule has 0 unspecified atom stereocenters. The number of rotatable bonds is 4. The number of piperazine rings is 1. The van der Waals surface area contributed by atoms with E-state index >= 15 is 0 Å². The molecule has 0 saturated carbocycles. The largest absolute Gasteiger partial charge is 0.378 e. The van der Waals surface area contributed by atoms with Crippen LogP contribution in [0, 0.1) is 6.92 Å². The fraction of sp³-hybridized carbons (Fsp3) is 0.393. The Labute approximate surface area is 211 Å². The molecule has 1 atom stereocenters. The first-order chi connectivity index (χ1) is 17.5. The molecule has 0 bridgehead atoms. The molecule has 0 aliphatic carbocycles. The first-order valence-corrected chi connectivity index (χ1v) is 12.8. The van der Waals surface area contributed by atoms with E-state index in [4.69, 9.17) is 9.84 Å². The Morgan fingerprint density at radius 2 is 1.97 bits per heavy atom. The Balaban J connectivity index is 1.26. The SMILES string of the molecule is CCc1nc(C)cn2nc(C3=CC(=O)N4C=C(N5CCN(C6COC6)[C@H](C)C5)C=C/C4=C\C=C3)cc12. The van der Waals surface area contributed by atoms with E-state index in [0.717, 1.165) is 78.8 Å². The van der Waals surface area contributed by atoms with Gasteiger partial charge in [-0.15, -0.1) is 0 Å². The molecule has 4 aliphatic heterocycles. The van der Waals surface area contributed by atoms with Gasteiger partial charge in [0.25, 0.3) is 5.91 Å². The van der Waals surface area contributed by atoms with Gasteiger partial charge >= 0.3 is 0 Å². The highest BCUT2D eigenvalue weighted by molar-refractivity contribution is 5.99. The Bertz CT molecular complexity index is 1360. The summed E-state index contributed by atoms with van der Waals surface area (Å²) in [4.78, 5) is 24.8. The highest BCUT2D eigenvalue weighted by Crippen LogP contribution is 2.27. The zero-order chi connectivity index (χ0) is 24.8. The van der Waals surface area contributed by atoms with E-state index in [-0.39, 0.29) is 5.91 Å². The van der Waals surface area contributed by atoms with E-state index in [9.17, 15) is 4.79 Å². The van der Waals surface area contributed by atoms with Gasteiger partial charge in [0.1, 0.15) is 0 Å². The van der Waals surface area contributed by atoms with Crippen LogP contribution in [0.25, 0.3) is 11.1 Å². The molecule has 8 nitrogen and oxygen atoms in total. The molecular formula is C28H32N6O2. The summed E-state index contributed by atoms with van der Waals surface area (Å²) in [5.74, 6) is -0.0807. The second kappa shape index (κ2) is 9.19. The predicted octanol–water partition coefficient (Wildman–Crippen LogP) is 3.08. The van der Waals surface area contributed by atoms with Crippen LogP contribution in [0.5, 0.6) is 0 Å². The second-order valence-corrected chi connectivity index (χ2v) is 9.91. The zero-order valence-electron chi connectivity index (χ0n) is 21.1. The third-order valence-corrected chi connectivity index (χ3v) is 7.44. The summed E-state index contributed by atoms with van der Waals surface area (Å²) < 4.78 is 7.27. The lowest BCUT2D eigenvalue weighted by molar-refractivity contribution is -0.122. The normalized spacial score (nSPS) is 24.6. The van der Waals surface area contributed by atoms with Crippen LogP contribution in [-0.2, 0) is 16.0 Å². The number of hydrogen-bond donors (Lipinski definition) is 0. The maximum atomic E-state index is 13.5. The van der Waals surface area contributed by atoms with Gasteiger partial charge in [0.2, 0.25) is 0 Å². The monoisotopic (exact) mass is 484 g/mol. The number of carbonyl (C=O) groups excluding carboxylic acids is 1. The van der Waals surface area contributed by atoms with E-state index in [1.54, 1.807) is 11.0 Å². The molecule has 2 aromatic heterocycles. The van der Waals surface area contributed by atoms with Gasteiger partial charge < -0.3 is 9.64 Å². The van der Waals surface area contributed by atoms with Gasteiger partial charge in [-0.25, -0.2) is 4.52 Å². The van der Waals surface area contributed by atoms with Crippen LogP contribution >= 0.6 is 0 Å². The summed E-state index contributed by atoms with van der Waals surface area (Å²) >= 11 is 0. The Hall–Kier alpha value is -3.49. The summed E-state index contributed by atoms with van der Waals surface area (Å²) in [7, 11) is 0. The van der Waals surface area contributed by atoms with Crippen LogP contribution in [-0.4, -0.2) is 80.1 Å². The molecule has 0 spiro atoms. The van der Waals surface area contributed by atoms with Crippen molar-refractivity contribution < 1.29 is 9.53 Å². The van der Waals surface area contributed by atoms with E-state index in [0.29, 0.717) is 12.1 Å². The first-order valence-electron chi connectivity index (χ1n) is 12.8. The minimum Gasteiger partial charge on any atom is -0.378 e. The fourth-order valence-electron chi connectivity index (χ4n) is 5.42. The number of ether oxygens (including phenoxy) is 1. The minimum absolute atomic E-state index is 0.0807. The fourth-order valence-corrected chi connectivity index (χ4v) is 5.42. The van der Waals surface area contributed by atoms with Crippen LogP contribution in [0.2, 0.25) is 0 Å². The van der Waals surface area contributed by atoms with Crippen LogP contribution < -0.4 is 0 Å². The molecule has 2 saturated heterocycles. The third kappa shape index (κ3) is 4.10. The van der Waals surface area contributed by atoms with Crippen molar-refractivity contribution in [3.05, 3.63) is 83.4 Å². The lowest BCUT2D eigenvalue weighted by Gasteiger charge is -2.47. The van der Waals surface area contributed by atoms with Crippen LogP contribution in [0.15, 0.2) is 66.3 Å². The lowest BCUT2D eigenvalue weighted by Crippen LogP contribution is -2.60. The quantitative estimate of drug-likeness (QED) is 0.665. The third-order valence-electron chi connectivity index (χ3n) is 7.44. The van der Waals surface area contributed by atoms with E-state index in [1.165, 1.54) is 0 Å². The van der Waals surface area contributed by atoms with Crippen molar-refractivity contribution in [3.8, 4) is 0 Å². The molecule has 6 rings (SSSR count). The molecule has 0 radical (unpaired) electrons. The lowest BCUT2D eigenvalue weighted by atomic mass is 10.1. The Morgan fingerprint density at radius 1 is 1.14 bits per heavy atom. The number of allylic oxidation sites excluding steroid dienone is 6. The van der Waals surface area contributed by atoms with Crippen LogP contribution in [0.1, 0.15) is 30.9 Å². The highest BCUT2D eigenvalue weighted by Gasteiger charge is 2.34. The smallest absolute Gasteiger partial charge is 0.255 e. The molecule has 6 heterocycles. The number of nitrogens with zero attached hydrogens (tertiary/aromatic N) is 6. The van der Waals surface area contributed by atoms with Gasteiger partial charge in [-0.05, 0) is 44.6 Å². The average Bonchev–Trinajstić information content (AvgIpc) is 3.25. The van der Waals surface area contributed by atoms with Crippen molar-refractivity contribution in [1.29, 1.82) is 0 Å². The molecule has 8 heteroatoms. The van der Waals surface area contributed by atoms with Gasteiger partial charge in [-0.1, -0.05) is 19.1 Å². The summed E-state index contributed by atoms with van der Waals surface area (Å²) in [6.45, 7) is 10.9. The number of aromatic nitrogens is 3. The number of amides is 1. The summed E-state index contributed by atoms with van der Waals surface area (Å²) in [6.07, 6.45) is 16.5. The number of aryl methyl sites for hydroxylation is 2. The minimum atomic E-state index is -0.0807. The maximum Gasteiger partial charge on any atom is 0.255 e. The van der Waals surface area contributed by atoms with Gasteiger partial charge in [-0.2, -0.15) is 5.10 Å². The number of carbonyl (C=O) groups is 1. The molecule has 0 aromatic carbocycles. The summed E-state index contributed by atoms with van der Waals surface area (Å²) in [5, 5.41) is 4.76. The standard InChI is InChI=1S/C28H32N6O2/c1-4-25-27-13-26(30-34(27)14-19(2)29-25)21-6-5-7-22-8-9-23(16-33(22)28(35)12-21)31-10-11-32(20(3)15-31)24-17-36-18-24/h5-9,12-14,16,20,24H,4,10-11,15,17-18H2,1-3H3/b6-5?,21-12?,22-7+/t20-/m1/s1. The van der Waals surface area contributed by atoms with E-state index in [2.05, 4.69) is 34.7 Å². The van der Waals surface area contributed by atoms with E-state index < -0.39 is 0 Å². The van der Waals surface area contributed by atoms with Crippen molar-refractivity contribution in [1.82, 2.24) is 29.3 Å². The number of hydrogen-bond acceptors (Lipinski definition) is 6.